The Balaban J connectivity index is 0.00000992. The summed E-state index contributed by atoms with van der Waals surface area (Å²) >= 11 is 19.5. The van der Waals surface area contributed by atoms with Crippen molar-refractivity contribution >= 4 is 157 Å². The number of anilines is 2. The fourth-order valence-corrected chi connectivity index (χ4v) is 8.42. The van der Waals surface area contributed by atoms with E-state index in [1.165, 1.54) is 48.5 Å². The van der Waals surface area contributed by atoms with Crippen LogP contribution in [0.25, 0.3) is 24.3 Å². The van der Waals surface area contributed by atoms with E-state index in [9.17, 15) is 51.9 Å². The van der Waals surface area contributed by atoms with E-state index in [1.54, 1.807) is 0 Å². The van der Waals surface area contributed by atoms with Crippen molar-refractivity contribution in [3.05, 3.63) is 95.1 Å². The van der Waals surface area contributed by atoms with Crippen LogP contribution in [0.2, 0.25) is 0 Å². The van der Waals surface area contributed by atoms with Gasteiger partial charge in [0.05, 0.1) is 41.3 Å². The van der Waals surface area contributed by atoms with Crippen LogP contribution < -0.4 is 227 Å². The summed E-state index contributed by atoms with van der Waals surface area (Å²) in [7, 11) is -20.2. The van der Waals surface area contributed by atoms with Crippen molar-refractivity contribution in [2.24, 2.45) is 9.98 Å². The van der Waals surface area contributed by atoms with Crippen LogP contribution in [0.3, 0.4) is 0 Å². The van der Waals surface area contributed by atoms with E-state index >= 15 is 0 Å². The van der Waals surface area contributed by atoms with E-state index in [0.717, 1.165) is 48.6 Å². The first-order chi connectivity index (χ1) is 28.0. The summed E-state index contributed by atoms with van der Waals surface area (Å²) in [4.78, 5) is 4.55. The summed E-state index contributed by atoms with van der Waals surface area (Å²) in [6.45, 7) is 0.231. The first-order valence-corrected chi connectivity index (χ1v) is 23.3. The van der Waals surface area contributed by atoms with Gasteiger partial charge in [-0.25, -0.2) is 33.7 Å². The molecular formula is C34H24K4N6O12S8. The largest absolute Gasteiger partial charge is 1.00 e. The van der Waals surface area contributed by atoms with Gasteiger partial charge < -0.3 is 39.5 Å². The minimum atomic E-state index is -5.09. The van der Waals surface area contributed by atoms with Crippen LogP contribution in [-0.4, -0.2) is 85.5 Å². The smallest absolute Gasteiger partial charge is 0.744 e. The minimum absolute atomic E-state index is 0. The van der Waals surface area contributed by atoms with Crippen molar-refractivity contribution < 1.29 is 257 Å². The molecule has 0 bridgehead atoms. The van der Waals surface area contributed by atoms with Gasteiger partial charge in [0.1, 0.15) is 40.5 Å². The van der Waals surface area contributed by atoms with Crippen molar-refractivity contribution in [3.8, 4) is 0 Å². The molecular weight excluding hydrogens is 1100 g/mol. The summed E-state index contributed by atoms with van der Waals surface area (Å²) in [6, 6.07) is 14.3. The first kappa shape index (κ1) is 65.5. The molecule has 0 fully saturated rings. The van der Waals surface area contributed by atoms with Crippen LogP contribution in [0, 0.1) is 0 Å². The van der Waals surface area contributed by atoms with E-state index in [2.05, 4.69) is 55.7 Å². The Kier molecular flexibility index (Phi) is 30.5. The summed E-state index contributed by atoms with van der Waals surface area (Å²) < 4.78 is 144. The second-order valence-corrected chi connectivity index (χ2v) is 18.2. The van der Waals surface area contributed by atoms with E-state index in [-0.39, 0.29) is 274 Å². The van der Waals surface area contributed by atoms with Gasteiger partial charge in [0.2, 0.25) is 0 Å². The van der Waals surface area contributed by atoms with Crippen LogP contribution in [0.15, 0.2) is 102 Å². The molecule has 0 aliphatic heterocycles. The molecule has 64 heavy (non-hydrogen) atoms. The summed E-state index contributed by atoms with van der Waals surface area (Å²) in [5.74, 6) is 0. The number of isothiocyanates is 2. The molecule has 0 unspecified atom stereocenters. The second kappa shape index (κ2) is 29.8. The fourth-order valence-electron chi connectivity index (χ4n) is 4.99. The molecule has 0 amide bonds. The predicted octanol–water partition coefficient (Wildman–Crippen LogP) is -7.60. The maximum atomic E-state index is 12.1. The van der Waals surface area contributed by atoms with Crippen molar-refractivity contribution in [1.29, 1.82) is 0 Å². The van der Waals surface area contributed by atoms with E-state index in [0.29, 0.717) is 0 Å². The summed E-state index contributed by atoms with van der Waals surface area (Å²) in [5, 5.41) is 15.1. The topological polar surface area (TPSA) is 302 Å². The Bertz CT molecular complexity index is 2820. The SMILES string of the molecule is O=S(=O)([O-])c1cc(N=C=S)ccc1/C=C/c1ccc(NC(=S)NCCNC(=S)Nc2ccc(/C=C/c3ccc(N=C=S)cc3S(=O)(=O)[O-])c(S(=O)(=O)[O-])c2)cc1S(=O)(=O)[O-].[K+].[K+].[K+].[K+]. The van der Waals surface area contributed by atoms with Gasteiger partial charge in [0, 0.05) is 24.5 Å². The third kappa shape index (κ3) is 21.1. The molecule has 4 N–H and O–H groups in total. The van der Waals surface area contributed by atoms with Gasteiger partial charge in [0.25, 0.3) is 0 Å². The van der Waals surface area contributed by atoms with E-state index in [1.807, 2.05) is 10.3 Å². The maximum absolute atomic E-state index is 12.1. The van der Waals surface area contributed by atoms with Gasteiger partial charge in [-0.1, -0.05) is 48.6 Å². The van der Waals surface area contributed by atoms with Gasteiger partial charge in [-0.05, 0) is 120 Å². The maximum Gasteiger partial charge on any atom is 1.00 e. The van der Waals surface area contributed by atoms with Gasteiger partial charge >= 0.3 is 206 Å². The molecule has 0 spiro atoms. The number of benzene rings is 4. The standard InChI is InChI=1S/C34H28N6O12S8.4K/c41-57(42,43)29-15-25(37-19-53)9-5-21(29)1-3-23-7-11-27(17-31(23)59(47,48)49)39-33(55)35-13-14-36-34(56)40-28-12-8-24(32(18-28)60(50,51)52)4-2-22-6-10-26(38-20-54)16-30(22)58(44,45)46;;;;/h1-12,15-18H,13-14H2,(H2,35,39,55)(H2,36,40,56)(H,41,42,43)(H,44,45,46)(H,47,48,49)(H,50,51,52);;;;/q;4*+1/p-4/b3-1+,4-2+;;;;. The molecule has 0 heterocycles. The molecule has 0 aliphatic carbocycles. The molecule has 314 valence electrons. The monoisotopic (exact) mass is 1120 g/mol. The van der Waals surface area contributed by atoms with Crippen molar-refractivity contribution in [1.82, 2.24) is 10.6 Å². The molecule has 30 heteroatoms. The van der Waals surface area contributed by atoms with Crippen LogP contribution in [0.5, 0.6) is 0 Å². The molecule has 4 rings (SSSR count). The number of thiocarbonyl (C=S) groups is 4. The molecule has 0 saturated heterocycles. The quantitative estimate of drug-likeness (QED) is 0.0215. The molecule has 0 atom stereocenters. The molecule has 18 nitrogen and oxygen atoms in total. The average Bonchev–Trinajstić information content (AvgIpc) is 3.15. The minimum Gasteiger partial charge on any atom is -0.744 e. The Labute approximate surface area is 561 Å². The summed E-state index contributed by atoms with van der Waals surface area (Å²) in [5.41, 5.74) is -0.238. The summed E-state index contributed by atoms with van der Waals surface area (Å²) in [6.07, 6.45) is 4.54. The molecule has 0 saturated carbocycles. The van der Waals surface area contributed by atoms with E-state index < -0.39 is 60.1 Å². The zero-order valence-electron chi connectivity index (χ0n) is 33.7. The van der Waals surface area contributed by atoms with Gasteiger partial charge in [-0.3, -0.25) is 0 Å². The Morgan fingerprint density at radius 3 is 1.02 bits per heavy atom. The fraction of sp³-hybridized carbons (Fsp3) is 0.0588. The predicted molar refractivity (Wildman–Crippen MR) is 233 cm³/mol. The zero-order chi connectivity index (χ0) is 44.5. The normalized spacial score (nSPS) is 11.2. The molecule has 0 radical (unpaired) electrons. The number of nitrogens with one attached hydrogen (secondary N) is 4. The average molecular weight is 1120 g/mol. The van der Waals surface area contributed by atoms with Crippen molar-refractivity contribution in [2.75, 3.05) is 23.7 Å². The van der Waals surface area contributed by atoms with Gasteiger partial charge in [-0.2, -0.15) is 9.98 Å². The number of rotatable bonds is 15. The Hall–Kier alpha value is 1.53. The number of aliphatic imine (C=N–C) groups is 2. The van der Waals surface area contributed by atoms with Crippen molar-refractivity contribution in [2.45, 2.75) is 19.6 Å². The molecule has 0 aliphatic rings. The molecule has 4 aromatic carbocycles. The number of hydrogen-bond acceptors (Lipinski definition) is 18. The van der Waals surface area contributed by atoms with Gasteiger partial charge in [-0.15, -0.1) is 0 Å². The first-order valence-electron chi connectivity index (χ1n) is 16.0. The number of nitrogens with zero attached hydrogens (tertiary/aromatic N) is 2. The van der Waals surface area contributed by atoms with Crippen LogP contribution in [0.1, 0.15) is 22.3 Å². The number of hydrogen-bond donors (Lipinski definition) is 4. The van der Waals surface area contributed by atoms with Crippen LogP contribution in [0.4, 0.5) is 22.7 Å². The van der Waals surface area contributed by atoms with Crippen molar-refractivity contribution in [3.63, 3.8) is 0 Å². The zero-order valence-corrected chi connectivity index (χ0v) is 52.7. The van der Waals surface area contributed by atoms with Crippen LogP contribution in [-0.2, 0) is 40.5 Å². The van der Waals surface area contributed by atoms with Gasteiger partial charge in [0.15, 0.2) is 10.2 Å². The van der Waals surface area contributed by atoms with E-state index in [4.69, 9.17) is 24.4 Å². The van der Waals surface area contributed by atoms with Crippen LogP contribution >= 0.6 is 48.9 Å². The molecule has 0 aromatic heterocycles. The third-order valence-corrected chi connectivity index (χ3v) is 11.8. The molecule has 4 aromatic rings. The third-order valence-electron chi connectivity index (χ3n) is 7.55. The Morgan fingerprint density at radius 2 is 0.750 bits per heavy atom. The Morgan fingerprint density at radius 1 is 0.484 bits per heavy atom. The second-order valence-electron chi connectivity index (χ2n) is 11.6.